The molecule has 2 aromatic carbocycles. The van der Waals surface area contributed by atoms with Crippen LogP contribution in [0.2, 0.25) is 0 Å². The number of carbonyl (C=O) groups excluding carboxylic acids is 1. The summed E-state index contributed by atoms with van der Waals surface area (Å²) in [7, 11) is 0. The maximum atomic E-state index is 13.4. The van der Waals surface area contributed by atoms with Crippen LogP contribution in [0.15, 0.2) is 70.5 Å². The Bertz CT molecular complexity index is 1230. The van der Waals surface area contributed by atoms with Gasteiger partial charge in [-0.1, -0.05) is 42.5 Å². The maximum absolute atomic E-state index is 13.4. The molecule has 32 heavy (non-hydrogen) atoms. The Morgan fingerprint density at radius 1 is 0.969 bits per heavy atom. The number of aromatic hydroxyl groups is 1. The highest BCUT2D eigenvalue weighted by atomic mass is 32.2. The van der Waals surface area contributed by atoms with Gasteiger partial charge in [0, 0.05) is 28.5 Å². The van der Waals surface area contributed by atoms with Crippen LogP contribution in [0.25, 0.3) is 0 Å². The standard InChI is InChI=1S/C25H25N3O3S/c1-25(2,3)26-15-28(27-13-12-19(29)23(30)22(27)24(26)31)21-17-9-5-4-8-16(17)14-32-20-11-7-6-10-18(20)21/h4-13,21,30H,14-15H2,1-3H3. The van der Waals surface area contributed by atoms with Gasteiger partial charge in [0.05, 0.1) is 6.04 Å². The number of pyridine rings is 1. The normalized spacial score (nSPS) is 18.0. The van der Waals surface area contributed by atoms with Gasteiger partial charge in [-0.25, -0.2) is 0 Å². The minimum atomic E-state index is -0.558. The molecule has 1 unspecified atom stereocenters. The van der Waals surface area contributed by atoms with Crippen molar-refractivity contribution in [3.8, 4) is 5.75 Å². The van der Waals surface area contributed by atoms with Crippen molar-refractivity contribution in [1.29, 1.82) is 0 Å². The number of hydrogen-bond acceptors (Lipinski definition) is 5. The van der Waals surface area contributed by atoms with Gasteiger partial charge in [-0.2, -0.15) is 0 Å². The van der Waals surface area contributed by atoms with E-state index in [4.69, 9.17) is 0 Å². The van der Waals surface area contributed by atoms with E-state index in [2.05, 4.69) is 29.3 Å². The van der Waals surface area contributed by atoms with Gasteiger partial charge in [0.15, 0.2) is 11.4 Å². The molecule has 164 valence electrons. The SMILES string of the molecule is CC(C)(C)N1CN(C2c3ccccc3CSc3ccccc32)n2ccc(=O)c(O)c2C1=O. The van der Waals surface area contributed by atoms with Crippen LogP contribution in [0.3, 0.4) is 0 Å². The Balaban J connectivity index is 1.80. The molecule has 0 fully saturated rings. The Kier molecular flexibility index (Phi) is 4.82. The van der Waals surface area contributed by atoms with Crippen molar-refractivity contribution in [2.75, 3.05) is 11.7 Å². The molecule has 2 aliphatic heterocycles. The second-order valence-electron chi connectivity index (χ2n) is 9.13. The molecule has 1 atom stereocenters. The third kappa shape index (κ3) is 3.19. The fourth-order valence-corrected chi connectivity index (χ4v) is 5.57. The summed E-state index contributed by atoms with van der Waals surface area (Å²) in [4.78, 5) is 28.6. The molecule has 1 N–H and O–H groups in total. The topological polar surface area (TPSA) is 65.8 Å². The lowest BCUT2D eigenvalue weighted by atomic mass is 9.94. The predicted molar refractivity (Wildman–Crippen MR) is 126 cm³/mol. The van der Waals surface area contributed by atoms with Crippen LogP contribution in [0.1, 0.15) is 54.0 Å². The van der Waals surface area contributed by atoms with Gasteiger partial charge in [0.2, 0.25) is 5.43 Å². The number of amides is 1. The zero-order valence-electron chi connectivity index (χ0n) is 18.3. The first-order valence-electron chi connectivity index (χ1n) is 10.6. The summed E-state index contributed by atoms with van der Waals surface area (Å²) in [5.74, 6) is -0.0172. The zero-order valence-corrected chi connectivity index (χ0v) is 19.1. The molecule has 5 rings (SSSR count). The zero-order chi connectivity index (χ0) is 22.6. The molecule has 1 aromatic heterocycles. The van der Waals surface area contributed by atoms with Gasteiger partial charge < -0.3 is 10.0 Å². The van der Waals surface area contributed by atoms with Gasteiger partial charge in [-0.15, -0.1) is 11.8 Å². The molecule has 1 amide bonds. The van der Waals surface area contributed by atoms with Crippen LogP contribution in [0.4, 0.5) is 0 Å². The maximum Gasteiger partial charge on any atom is 0.278 e. The summed E-state index contributed by atoms with van der Waals surface area (Å²) in [5, 5.41) is 12.7. The molecule has 2 aliphatic rings. The molecule has 6 nitrogen and oxygen atoms in total. The smallest absolute Gasteiger partial charge is 0.278 e. The first-order valence-corrected chi connectivity index (χ1v) is 11.6. The lowest BCUT2D eigenvalue weighted by molar-refractivity contribution is 0.0480. The minimum Gasteiger partial charge on any atom is -0.502 e. The Morgan fingerprint density at radius 3 is 2.41 bits per heavy atom. The van der Waals surface area contributed by atoms with E-state index in [1.807, 2.05) is 45.0 Å². The van der Waals surface area contributed by atoms with Crippen molar-refractivity contribution < 1.29 is 9.90 Å². The highest BCUT2D eigenvalue weighted by Gasteiger charge is 2.41. The van der Waals surface area contributed by atoms with E-state index in [0.29, 0.717) is 6.67 Å². The van der Waals surface area contributed by atoms with Gasteiger partial charge in [0.25, 0.3) is 5.91 Å². The summed E-state index contributed by atoms with van der Waals surface area (Å²) < 4.78 is 1.66. The summed E-state index contributed by atoms with van der Waals surface area (Å²) in [6, 6.07) is 17.8. The lowest BCUT2D eigenvalue weighted by Gasteiger charge is -2.48. The average Bonchev–Trinajstić information content (AvgIpc) is 2.93. The van der Waals surface area contributed by atoms with Crippen molar-refractivity contribution in [3.05, 3.63) is 93.4 Å². The fraction of sp³-hybridized carbons (Fsp3) is 0.280. The Morgan fingerprint density at radius 2 is 1.66 bits per heavy atom. The molecule has 0 radical (unpaired) electrons. The summed E-state index contributed by atoms with van der Waals surface area (Å²) in [6.45, 7) is 6.20. The average molecular weight is 448 g/mol. The minimum absolute atomic E-state index is 0.00513. The number of fused-ring (bicyclic) bond motifs is 3. The van der Waals surface area contributed by atoms with E-state index in [-0.39, 0.29) is 17.6 Å². The van der Waals surface area contributed by atoms with Gasteiger partial charge in [0.1, 0.15) is 6.67 Å². The Labute approximate surface area is 191 Å². The second-order valence-corrected chi connectivity index (χ2v) is 10.2. The lowest BCUT2D eigenvalue weighted by Crippen LogP contribution is -2.60. The first kappa shape index (κ1) is 20.7. The molecule has 0 spiro atoms. The highest BCUT2D eigenvalue weighted by molar-refractivity contribution is 7.98. The fourth-order valence-electron chi connectivity index (χ4n) is 4.47. The van der Waals surface area contributed by atoms with Crippen LogP contribution in [0.5, 0.6) is 5.75 Å². The third-order valence-corrected chi connectivity index (χ3v) is 7.26. The van der Waals surface area contributed by atoms with Crippen LogP contribution < -0.4 is 10.4 Å². The molecule has 0 saturated heterocycles. The number of benzene rings is 2. The number of hydrogen-bond donors (Lipinski definition) is 1. The van der Waals surface area contributed by atoms with Crippen LogP contribution >= 0.6 is 11.8 Å². The van der Waals surface area contributed by atoms with Crippen molar-refractivity contribution in [2.24, 2.45) is 0 Å². The molecule has 7 heteroatoms. The van der Waals surface area contributed by atoms with E-state index in [1.165, 1.54) is 16.5 Å². The Hall–Kier alpha value is -3.19. The van der Waals surface area contributed by atoms with Crippen molar-refractivity contribution in [3.63, 3.8) is 0 Å². The number of rotatable bonds is 1. The largest absolute Gasteiger partial charge is 0.502 e. The van der Waals surface area contributed by atoms with Gasteiger partial charge in [-0.3, -0.25) is 19.3 Å². The second kappa shape index (κ2) is 7.45. The summed E-state index contributed by atoms with van der Waals surface area (Å²) >= 11 is 1.80. The summed E-state index contributed by atoms with van der Waals surface area (Å²) in [5.41, 5.74) is 2.46. The van der Waals surface area contributed by atoms with E-state index in [9.17, 15) is 14.7 Å². The molecule has 0 bridgehead atoms. The first-order chi connectivity index (χ1) is 15.3. The molecule has 0 aliphatic carbocycles. The van der Waals surface area contributed by atoms with Crippen molar-refractivity contribution in [2.45, 2.75) is 43.0 Å². The third-order valence-electron chi connectivity index (χ3n) is 6.12. The number of aromatic nitrogens is 1. The van der Waals surface area contributed by atoms with Crippen molar-refractivity contribution in [1.82, 2.24) is 9.58 Å². The molecule has 3 heterocycles. The number of nitrogens with zero attached hydrogens (tertiary/aromatic N) is 3. The van der Waals surface area contributed by atoms with Gasteiger partial charge in [-0.05, 0) is 43.5 Å². The van der Waals surface area contributed by atoms with E-state index in [0.717, 1.165) is 16.9 Å². The summed E-state index contributed by atoms with van der Waals surface area (Å²) in [6.07, 6.45) is 1.60. The predicted octanol–water partition coefficient (Wildman–Crippen LogP) is 4.10. The van der Waals surface area contributed by atoms with Crippen LogP contribution in [-0.2, 0) is 5.75 Å². The van der Waals surface area contributed by atoms with Crippen LogP contribution in [0, 0.1) is 0 Å². The molecule has 3 aromatic rings. The monoisotopic (exact) mass is 447 g/mol. The van der Waals surface area contributed by atoms with Crippen molar-refractivity contribution >= 4 is 17.7 Å². The number of thioether (sulfide) groups is 1. The van der Waals surface area contributed by atoms with E-state index >= 15 is 0 Å². The molecule has 0 saturated carbocycles. The molecular formula is C25H25N3O3S. The number of carbonyl (C=O) groups is 1. The van der Waals surface area contributed by atoms with E-state index in [1.54, 1.807) is 27.5 Å². The highest BCUT2D eigenvalue weighted by Crippen LogP contribution is 2.43. The van der Waals surface area contributed by atoms with Crippen LogP contribution in [-0.4, -0.2) is 32.8 Å². The van der Waals surface area contributed by atoms with Gasteiger partial charge >= 0.3 is 0 Å². The quantitative estimate of drug-likeness (QED) is 0.609. The van der Waals surface area contributed by atoms with E-state index < -0.39 is 16.7 Å². The molecular weight excluding hydrogens is 422 g/mol.